The Balaban J connectivity index is 1.51. The van der Waals surface area contributed by atoms with Crippen LogP contribution >= 0.6 is 23.3 Å². The Hall–Kier alpha value is -0.840. The highest BCUT2D eigenvalue weighted by atomic mass is 32.2. The monoisotopic (exact) mass is 304 g/mol. The molecule has 0 atom stereocenters. The van der Waals surface area contributed by atoms with Gasteiger partial charge in [-0.25, -0.2) is 4.98 Å². The minimum absolute atomic E-state index is 0.674. The highest BCUT2D eigenvalue weighted by Crippen LogP contribution is 2.24. The fraction of sp³-hybridized carbons (Fsp3) is 0.438. The number of thiazole rings is 1. The summed E-state index contributed by atoms with van der Waals surface area (Å²) >= 11 is 3.47. The van der Waals surface area contributed by atoms with Gasteiger partial charge in [0.1, 0.15) is 5.03 Å². The van der Waals surface area contributed by atoms with Gasteiger partial charge in [-0.2, -0.15) is 0 Å². The molecule has 1 aromatic carbocycles. The maximum Gasteiger partial charge on any atom is 0.122 e. The fourth-order valence-corrected chi connectivity index (χ4v) is 4.32. The molecule has 4 heteroatoms. The highest BCUT2D eigenvalue weighted by molar-refractivity contribution is 7.97. The average Bonchev–Trinajstić information content (AvgIpc) is 2.95. The van der Waals surface area contributed by atoms with E-state index >= 15 is 0 Å². The third-order valence-electron chi connectivity index (χ3n) is 3.66. The third-order valence-corrected chi connectivity index (χ3v) is 5.53. The van der Waals surface area contributed by atoms with Crippen LogP contribution in [0.25, 0.3) is 0 Å². The molecule has 1 aliphatic rings. The molecule has 106 valence electrons. The van der Waals surface area contributed by atoms with E-state index in [0.717, 1.165) is 11.4 Å². The summed E-state index contributed by atoms with van der Waals surface area (Å²) in [5.41, 5.74) is 1.33. The maximum absolute atomic E-state index is 4.71. The second-order valence-electron chi connectivity index (χ2n) is 5.30. The SMILES string of the molecule is c1ccc(Cc2nc(SNC3CCCCC3)cs2)cc1. The Kier molecular flexibility index (Phi) is 5.12. The van der Waals surface area contributed by atoms with Crippen molar-refractivity contribution in [1.82, 2.24) is 9.71 Å². The van der Waals surface area contributed by atoms with Crippen LogP contribution in [0.2, 0.25) is 0 Å². The summed E-state index contributed by atoms with van der Waals surface area (Å²) in [6, 6.07) is 11.2. The Bertz CT molecular complexity index is 518. The van der Waals surface area contributed by atoms with Gasteiger partial charge in [0, 0.05) is 17.8 Å². The molecular weight excluding hydrogens is 284 g/mol. The predicted octanol–water partition coefficient (Wildman–Crippen LogP) is 4.66. The van der Waals surface area contributed by atoms with Gasteiger partial charge in [-0.05, 0) is 30.4 Å². The summed E-state index contributed by atoms with van der Waals surface area (Å²) < 4.78 is 3.58. The van der Waals surface area contributed by atoms with Gasteiger partial charge in [-0.3, -0.25) is 4.72 Å². The Morgan fingerprint density at radius 3 is 2.75 bits per heavy atom. The lowest BCUT2D eigenvalue weighted by atomic mass is 9.96. The first kappa shape index (κ1) is 14.1. The van der Waals surface area contributed by atoms with Crippen molar-refractivity contribution in [2.45, 2.75) is 49.6 Å². The van der Waals surface area contributed by atoms with Gasteiger partial charge in [0.2, 0.25) is 0 Å². The molecule has 0 unspecified atom stereocenters. The number of nitrogens with one attached hydrogen (secondary N) is 1. The molecule has 2 aromatic rings. The standard InChI is InChI=1S/C16H20N2S2/c1-3-7-13(8-4-1)11-15-17-16(12-19-15)20-18-14-9-5-2-6-10-14/h1,3-4,7-8,12,14,18H,2,5-6,9-11H2. The molecule has 1 aromatic heterocycles. The van der Waals surface area contributed by atoms with E-state index in [2.05, 4.69) is 40.4 Å². The molecule has 1 fully saturated rings. The molecule has 2 nitrogen and oxygen atoms in total. The quantitative estimate of drug-likeness (QED) is 0.813. The van der Waals surface area contributed by atoms with Crippen molar-refractivity contribution in [2.24, 2.45) is 0 Å². The molecular formula is C16H20N2S2. The van der Waals surface area contributed by atoms with Crippen LogP contribution in [-0.2, 0) is 6.42 Å². The zero-order valence-electron chi connectivity index (χ0n) is 11.5. The number of nitrogens with zero attached hydrogens (tertiary/aromatic N) is 1. The van der Waals surface area contributed by atoms with Gasteiger partial charge in [-0.1, -0.05) is 49.6 Å². The number of benzene rings is 1. The molecule has 3 rings (SSSR count). The van der Waals surface area contributed by atoms with Gasteiger partial charge < -0.3 is 0 Å². The topological polar surface area (TPSA) is 24.9 Å². The predicted molar refractivity (Wildman–Crippen MR) is 87.2 cm³/mol. The third kappa shape index (κ3) is 4.08. The Morgan fingerprint density at radius 2 is 1.95 bits per heavy atom. The molecule has 0 radical (unpaired) electrons. The van der Waals surface area contributed by atoms with Crippen LogP contribution in [0.1, 0.15) is 42.7 Å². The molecule has 1 heterocycles. The Morgan fingerprint density at radius 1 is 1.15 bits per heavy atom. The molecule has 0 bridgehead atoms. The van der Waals surface area contributed by atoms with E-state index in [1.807, 2.05) is 0 Å². The van der Waals surface area contributed by atoms with Crippen molar-refractivity contribution in [3.05, 3.63) is 46.3 Å². The second kappa shape index (κ2) is 7.25. The van der Waals surface area contributed by atoms with E-state index in [0.29, 0.717) is 6.04 Å². The summed E-state index contributed by atoms with van der Waals surface area (Å²) in [5, 5.41) is 4.48. The van der Waals surface area contributed by atoms with E-state index in [-0.39, 0.29) is 0 Å². The Labute approximate surface area is 129 Å². The first-order valence-corrected chi connectivity index (χ1v) is 9.00. The molecule has 0 aliphatic heterocycles. The van der Waals surface area contributed by atoms with Crippen LogP contribution < -0.4 is 4.72 Å². The summed E-state index contributed by atoms with van der Waals surface area (Å²) in [7, 11) is 0. The maximum atomic E-state index is 4.71. The first-order chi connectivity index (χ1) is 9.90. The van der Waals surface area contributed by atoms with Gasteiger partial charge in [0.05, 0.1) is 5.01 Å². The zero-order valence-corrected chi connectivity index (χ0v) is 13.2. The van der Waals surface area contributed by atoms with Crippen LogP contribution in [0.15, 0.2) is 40.7 Å². The zero-order chi connectivity index (χ0) is 13.6. The van der Waals surface area contributed by atoms with Gasteiger partial charge >= 0.3 is 0 Å². The van der Waals surface area contributed by atoms with Crippen molar-refractivity contribution in [2.75, 3.05) is 0 Å². The molecule has 1 saturated carbocycles. The van der Waals surface area contributed by atoms with Gasteiger partial charge in [0.15, 0.2) is 0 Å². The molecule has 1 aliphatic carbocycles. The lowest BCUT2D eigenvalue weighted by molar-refractivity contribution is 0.423. The fourth-order valence-electron chi connectivity index (χ4n) is 2.56. The van der Waals surface area contributed by atoms with E-state index in [1.54, 1.807) is 23.3 Å². The van der Waals surface area contributed by atoms with Crippen molar-refractivity contribution >= 4 is 23.3 Å². The van der Waals surface area contributed by atoms with Crippen molar-refractivity contribution in [1.29, 1.82) is 0 Å². The molecule has 0 spiro atoms. The number of aromatic nitrogens is 1. The minimum Gasteiger partial charge on any atom is -0.255 e. The molecule has 1 N–H and O–H groups in total. The van der Waals surface area contributed by atoms with Crippen LogP contribution in [-0.4, -0.2) is 11.0 Å². The van der Waals surface area contributed by atoms with Gasteiger partial charge in [0.25, 0.3) is 0 Å². The highest BCUT2D eigenvalue weighted by Gasteiger charge is 2.13. The summed E-state index contributed by atoms with van der Waals surface area (Å²) in [6.45, 7) is 0. The van der Waals surface area contributed by atoms with Crippen LogP contribution in [0, 0.1) is 0 Å². The lowest BCUT2D eigenvalue weighted by Gasteiger charge is -2.21. The summed E-state index contributed by atoms with van der Waals surface area (Å²) in [5.74, 6) is 0. The summed E-state index contributed by atoms with van der Waals surface area (Å²) in [6.07, 6.45) is 7.71. The first-order valence-electron chi connectivity index (χ1n) is 7.31. The normalized spacial score (nSPS) is 16.4. The molecule has 0 saturated heterocycles. The molecule has 20 heavy (non-hydrogen) atoms. The number of hydrogen-bond donors (Lipinski definition) is 1. The molecule has 0 amide bonds. The number of rotatable bonds is 5. The summed E-state index contributed by atoms with van der Waals surface area (Å²) in [4.78, 5) is 4.71. The van der Waals surface area contributed by atoms with E-state index in [4.69, 9.17) is 4.98 Å². The van der Waals surface area contributed by atoms with Crippen molar-refractivity contribution < 1.29 is 0 Å². The van der Waals surface area contributed by atoms with Crippen LogP contribution in [0.5, 0.6) is 0 Å². The van der Waals surface area contributed by atoms with Crippen LogP contribution in [0.4, 0.5) is 0 Å². The van der Waals surface area contributed by atoms with Crippen molar-refractivity contribution in [3.63, 3.8) is 0 Å². The average molecular weight is 304 g/mol. The minimum atomic E-state index is 0.674. The van der Waals surface area contributed by atoms with E-state index < -0.39 is 0 Å². The smallest absolute Gasteiger partial charge is 0.122 e. The van der Waals surface area contributed by atoms with E-state index in [9.17, 15) is 0 Å². The van der Waals surface area contributed by atoms with Gasteiger partial charge in [-0.15, -0.1) is 11.3 Å². The lowest BCUT2D eigenvalue weighted by Crippen LogP contribution is -2.25. The largest absolute Gasteiger partial charge is 0.255 e. The van der Waals surface area contributed by atoms with Crippen LogP contribution in [0.3, 0.4) is 0 Å². The van der Waals surface area contributed by atoms with Crippen molar-refractivity contribution in [3.8, 4) is 0 Å². The second-order valence-corrected chi connectivity index (χ2v) is 7.10. The number of hydrogen-bond acceptors (Lipinski definition) is 4. The van der Waals surface area contributed by atoms with E-state index in [1.165, 1.54) is 42.7 Å².